The lowest BCUT2D eigenvalue weighted by Gasteiger charge is -2.12. The van der Waals surface area contributed by atoms with Gasteiger partial charge < -0.3 is 10.1 Å². The minimum absolute atomic E-state index is 0.117. The van der Waals surface area contributed by atoms with Crippen LogP contribution in [0.1, 0.15) is 44.2 Å². The van der Waals surface area contributed by atoms with Crippen LogP contribution in [0.25, 0.3) is 0 Å². The van der Waals surface area contributed by atoms with E-state index in [1.165, 1.54) is 12.8 Å². The minimum atomic E-state index is -0.438. The number of amides is 1. The molecule has 1 atom stereocenters. The van der Waals surface area contributed by atoms with Crippen LogP contribution >= 0.6 is 0 Å². The van der Waals surface area contributed by atoms with Gasteiger partial charge in [0.25, 0.3) is 0 Å². The summed E-state index contributed by atoms with van der Waals surface area (Å²) in [7, 11) is 0. The zero-order valence-corrected chi connectivity index (χ0v) is 12.5. The molecule has 0 aliphatic carbocycles. The van der Waals surface area contributed by atoms with Gasteiger partial charge in [-0.2, -0.15) is 0 Å². The summed E-state index contributed by atoms with van der Waals surface area (Å²) in [6, 6.07) is 10.2. The number of rotatable bonds is 6. The normalized spacial score (nSPS) is 17.0. The zero-order valence-electron chi connectivity index (χ0n) is 12.5. The fourth-order valence-corrected chi connectivity index (χ4v) is 2.22. The summed E-state index contributed by atoms with van der Waals surface area (Å²) in [6.07, 6.45) is 3.92. The topological polar surface area (TPSA) is 62.7 Å². The predicted molar refractivity (Wildman–Crippen MR) is 83.2 cm³/mol. The van der Waals surface area contributed by atoms with Gasteiger partial charge in [-0.3, -0.25) is 10.3 Å². The van der Waals surface area contributed by atoms with Gasteiger partial charge in [0.1, 0.15) is 0 Å². The second-order valence-corrected chi connectivity index (χ2v) is 5.12. The van der Waals surface area contributed by atoms with Crippen LogP contribution in [0.5, 0.6) is 0 Å². The van der Waals surface area contributed by atoms with Crippen LogP contribution < -0.4 is 10.6 Å². The molecule has 0 spiro atoms. The molecule has 0 bridgehead atoms. The highest BCUT2D eigenvalue weighted by Gasteiger charge is 2.20. The number of hydrogen-bond acceptors (Lipinski definition) is 4. The van der Waals surface area contributed by atoms with E-state index < -0.39 is 6.09 Å². The molecule has 0 saturated carbocycles. The predicted octanol–water partition coefficient (Wildman–Crippen LogP) is 2.99. The number of nitrogens with one attached hydrogen (secondary N) is 2. The van der Waals surface area contributed by atoms with Crippen molar-refractivity contribution in [1.82, 2.24) is 10.6 Å². The lowest BCUT2D eigenvalue weighted by molar-refractivity contribution is 0.149. The first-order chi connectivity index (χ1) is 10.3. The molecule has 1 aromatic carbocycles. The van der Waals surface area contributed by atoms with Crippen molar-refractivity contribution in [2.75, 3.05) is 13.2 Å². The molecule has 0 fully saturated rings. The maximum atomic E-state index is 11.6. The first-order valence-electron chi connectivity index (χ1n) is 7.59. The maximum Gasteiger partial charge on any atom is 0.413 e. The van der Waals surface area contributed by atoms with Crippen molar-refractivity contribution >= 4 is 12.1 Å². The third-order valence-electron chi connectivity index (χ3n) is 3.40. The van der Waals surface area contributed by atoms with E-state index in [2.05, 4.69) is 22.5 Å². The van der Waals surface area contributed by atoms with E-state index in [0.717, 1.165) is 18.4 Å². The molecular weight excluding hydrogens is 266 g/mol. The lowest BCUT2D eigenvalue weighted by Crippen LogP contribution is -2.39. The molecule has 0 aromatic heterocycles. The van der Waals surface area contributed by atoms with Crippen LogP contribution in [0.3, 0.4) is 0 Å². The van der Waals surface area contributed by atoms with Crippen LogP contribution in [0.4, 0.5) is 4.79 Å². The zero-order chi connectivity index (χ0) is 14.9. The van der Waals surface area contributed by atoms with Crippen molar-refractivity contribution in [3.8, 4) is 0 Å². The number of hydrogen-bond donors (Lipinski definition) is 2. The SMILES string of the molecule is CCCCCCOC(=O)NC1=NCC(c2ccccc2)N1. The first-order valence-corrected chi connectivity index (χ1v) is 7.59. The Kier molecular flexibility index (Phi) is 6.06. The Labute approximate surface area is 125 Å². The summed E-state index contributed by atoms with van der Waals surface area (Å²) in [5.41, 5.74) is 1.16. The van der Waals surface area contributed by atoms with Gasteiger partial charge in [0.15, 0.2) is 0 Å². The largest absolute Gasteiger partial charge is 0.449 e. The number of unbranched alkanes of at least 4 members (excludes halogenated alkanes) is 3. The van der Waals surface area contributed by atoms with Crippen molar-refractivity contribution in [3.05, 3.63) is 35.9 Å². The van der Waals surface area contributed by atoms with E-state index in [1.807, 2.05) is 30.3 Å². The second-order valence-electron chi connectivity index (χ2n) is 5.12. The number of benzene rings is 1. The Morgan fingerprint density at radius 3 is 2.90 bits per heavy atom. The maximum absolute atomic E-state index is 11.6. The molecule has 1 aliphatic rings. The van der Waals surface area contributed by atoms with E-state index >= 15 is 0 Å². The standard InChI is InChI=1S/C16H23N3O2/c1-2-3-4-8-11-21-16(20)19-15-17-12-14(18-15)13-9-6-5-7-10-13/h5-7,9-10,14H,2-4,8,11-12H2,1H3,(H2,17,18,19,20). The molecule has 1 heterocycles. The number of ether oxygens (including phenoxy) is 1. The summed E-state index contributed by atoms with van der Waals surface area (Å²) in [5.74, 6) is 0.488. The van der Waals surface area contributed by atoms with Crippen molar-refractivity contribution in [1.29, 1.82) is 0 Å². The Morgan fingerprint density at radius 1 is 1.33 bits per heavy atom. The molecule has 0 saturated heterocycles. The summed E-state index contributed by atoms with van der Waals surface area (Å²) < 4.78 is 5.12. The lowest BCUT2D eigenvalue weighted by atomic mass is 10.1. The number of aliphatic imine (C=N–C) groups is 1. The van der Waals surface area contributed by atoms with Crippen LogP contribution in [-0.2, 0) is 4.74 Å². The average molecular weight is 289 g/mol. The summed E-state index contributed by atoms with van der Waals surface area (Å²) in [5, 5.41) is 5.83. The van der Waals surface area contributed by atoms with Crippen LogP contribution in [0, 0.1) is 0 Å². The molecule has 1 aliphatic heterocycles. The van der Waals surface area contributed by atoms with Crippen molar-refractivity contribution in [2.24, 2.45) is 4.99 Å². The number of guanidine groups is 1. The van der Waals surface area contributed by atoms with Crippen LogP contribution in [0.15, 0.2) is 35.3 Å². The van der Waals surface area contributed by atoms with Crippen molar-refractivity contribution in [2.45, 2.75) is 38.6 Å². The smallest absolute Gasteiger partial charge is 0.413 e. The second kappa shape index (κ2) is 8.29. The van der Waals surface area contributed by atoms with Crippen molar-refractivity contribution in [3.63, 3.8) is 0 Å². The Balaban J connectivity index is 1.66. The van der Waals surface area contributed by atoms with Gasteiger partial charge in [0.05, 0.1) is 19.2 Å². The molecule has 1 unspecified atom stereocenters. The molecule has 1 aromatic rings. The fraction of sp³-hybridized carbons (Fsp3) is 0.500. The van der Waals surface area contributed by atoms with Crippen LogP contribution in [-0.4, -0.2) is 25.2 Å². The summed E-state index contributed by atoms with van der Waals surface area (Å²) in [6.45, 7) is 3.23. The number of carbonyl (C=O) groups is 1. The highest BCUT2D eigenvalue weighted by molar-refractivity contribution is 5.95. The molecular formula is C16H23N3O2. The summed E-state index contributed by atoms with van der Waals surface area (Å²) >= 11 is 0. The Morgan fingerprint density at radius 2 is 2.14 bits per heavy atom. The average Bonchev–Trinajstić information content (AvgIpc) is 2.96. The van der Waals surface area contributed by atoms with E-state index in [0.29, 0.717) is 19.1 Å². The molecule has 2 rings (SSSR count). The van der Waals surface area contributed by atoms with Gasteiger partial charge in [-0.1, -0.05) is 56.5 Å². The van der Waals surface area contributed by atoms with Gasteiger partial charge in [-0.25, -0.2) is 4.79 Å². The van der Waals surface area contributed by atoms with E-state index in [9.17, 15) is 4.79 Å². The van der Waals surface area contributed by atoms with E-state index in [4.69, 9.17) is 4.74 Å². The van der Waals surface area contributed by atoms with Gasteiger partial charge in [-0.15, -0.1) is 0 Å². The van der Waals surface area contributed by atoms with E-state index in [-0.39, 0.29) is 6.04 Å². The molecule has 21 heavy (non-hydrogen) atoms. The van der Waals surface area contributed by atoms with Gasteiger partial charge >= 0.3 is 6.09 Å². The quantitative estimate of drug-likeness (QED) is 0.791. The van der Waals surface area contributed by atoms with E-state index in [1.54, 1.807) is 0 Å². The number of carbonyl (C=O) groups excluding carboxylic acids is 1. The third-order valence-corrected chi connectivity index (χ3v) is 3.40. The van der Waals surface area contributed by atoms with Crippen molar-refractivity contribution < 1.29 is 9.53 Å². The highest BCUT2D eigenvalue weighted by atomic mass is 16.5. The highest BCUT2D eigenvalue weighted by Crippen LogP contribution is 2.15. The Bertz CT molecular complexity index is 474. The molecule has 2 N–H and O–H groups in total. The molecule has 5 nitrogen and oxygen atoms in total. The minimum Gasteiger partial charge on any atom is -0.449 e. The van der Waals surface area contributed by atoms with Crippen LogP contribution in [0.2, 0.25) is 0 Å². The third kappa shape index (κ3) is 5.10. The molecule has 114 valence electrons. The van der Waals surface area contributed by atoms with Gasteiger partial charge in [0.2, 0.25) is 5.96 Å². The number of alkyl carbamates (subject to hydrolysis) is 1. The van der Waals surface area contributed by atoms with Gasteiger partial charge in [-0.05, 0) is 12.0 Å². The molecule has 1 amide bonds. The number of nitrogens with zero attached hydrogens (tertiary/aromatic N) is 1. The van der Waals surface area contributed by atoms with Gasteiger partial charge in [0, 0.05) is 0 Å². The Hall–Kier alpha value is -2.04. The molecule has 0 radical (unpaired) electrons. The monoisotopic (exact) mass is 289 g/mol. The summed E-state index contributed by atoms with van der Waals surface area (Å²) in [4.78, 5) is 15.9. The molecule has 5 heteroatoms. The fourth-order valence-electron chi connectivity index (χ4n) is 2.22. The first kappa shape index (κ1) is 15.4.